The van der Waals surface area contributed by atoms with Gasteiger partial charge in [-0.15, -0.1) is 0 Å². The summed E-state index contributed by atoms with van der Waals surface area (Å²) in [6.07, 6.45) is 5.64. The predicted octanol–water partition coefficient (Wildman–Crippen LogP) is 2.68. The van der Waals surface area contributed by atoms with Gasteiger partial charge in [-0.05, 0) is 43.5 Å². The number of pyridine rings is 1. The molecule has 0 bridgehead atoms. The number of nitrogens with zero attached hydrogens (tertiary/aromatic N) is 4. The van der Waals surface area contributed by atoms with E-state index in [9.17, 15) is 9.59 Å². The highest BCUT2D eigenvalue weighted by Crippen LogP contribution is 2.28. The molecule has 1 aliphatic carbocycles. The Kier molecular flexibility index (Phi) is 4.71. The first kappa shape index (κ1) is 17.4. The molecular weight excluding hydrogens is 340 g/mol. The van der Waals surface area contributed by atoms with Gasteiger partial charge in [-0.3, -0.25) is 19.1 Å². The zero-order valence-corrected chi connectivity index (χ0v) is 15.3. The second-order valence-electron chi connectivity index (χ2n) is 7.04. The SMILES string of the molecule is Cc1cccc2c(=O)n(CCC(=O)N(Cc3ccccn3)C3CC3)cnc12. The number of aryl methyl sites for hydroxylation is 2. The molecule has 1 amide bonds. The van der Waals surface area contributed by atoms with Gasteiger partial charge in [0.2, 0.25) is 5.91 Å². The van der Waals surface area contributed by atoms with Gasteiger partial charge in [0.25, 0.3) is 5.56 Å². The average molecular weight is 362 g/mol. The van der Waals surface area contributed by atoms with Crippen LogP contribution in [0, 0.1) is 6.92 Å². The zero-order chi connectivity index (χ0) is 18.8. The summed E-state index contributed by atoms with van der Waals surface area (Å²) in [5.41, 5.74) is 2.49. The van der Waals surface area contributed by atoms with E-state index >= 15 is 0 Å². The number of amides is 1. The van der Waals surface area contributed by atoms with Gasteiger partial charge in [-0.1, -0.05) is 18.2 Å². The average Bonchev–Trinajstić information content (AvgIpc) is 3.52. The number of hydrogen-bond donors (Lipinski definition) is 0. The molecule has 6 nitrogen and oxygen atoms in total. The van der Waals surface area contributed by atoms with E-state index in [0.717, 1.165) is 29.6 Å². The van der Waals surface area contributed by atoms with Crippen LogP contribution in [0.1, 0.15) is 30.5 Å². The van der Waals surface area contributed by atoms with Crippen LogP contribution in [-0.2, 0) is 17.9 Å². The summed E-state index contributed by atoms with van der Waals surface area (Å²) >= 11 is 0. The standard InChI is InChI=1S/C21H22N4O2/c1-15-5-4-7-18-20(15)23-14-24(21(18)27)12-10-19(26)25(17-8-9-17)13-16-6-2-3-11-22-16/h2-7,11,14,17H,8-10,12-13H2,1H3. The molecule has 1 fully saturated rings. The van der Waals surface area contributed by atoms with E-state index in [-0.39, 0.29) is 17.9 Å². The van der Waals surface area contributed by atoms with Crippen LogP contribution < -0.4 is 5.56 Å². The summed E-state index contributed by atoms with van der Waals surface area (Å²) in [5, 5.41) is 0.595. The molecule has 0 radical (unpaired) electrons. The number of hydrogen-bond acceptors (Lipinski definition) is 4. The van der Waals surface area contributed by atoms with Crippen molar-refractivity contribution in [3.63, 3.8) is 0 Å². The van der Waals surface area contributed by atoms with Crippen LogP contribution in [0.4, 0.5) is 0 Å². The summed E-state index contributed by atoms with van der Waals surface area (Å²) in [4.78, 5) is 36.1. The number of carbonyl (C=O) groups is 1. The van der Waals surface area contributed by atoms with Gasteiger partial charge < -0.3 is 4.90 Å². The maximum atomic E-state index is 12.8. The third-order valence-corrected chi connectivity index (χ3v) is 4.99. The first-order valence-corrected chi connectivity index (χ1v) is 9.27. The van der Waals surface area contributed by atoms with Crippen LogP contribution in [-0.4, -0.2) is 31.4 Å². The summed E-state index contributed by atoms with van der Waals surface area (Å²) in [7, 11) is 0. The Morgan fingerprint density at radius 3 is 2.78 bits per heavy atom. The van der Waals surface area contributed by atoms with Gasteiger partial charge in [-0.2, -0.15) is 0 Å². The topological polar surface area (TPSA) is 68.1 Å². The fraction of sp³-hybridized carbons (Fsp3) is 0.333. The van der Waals surface area contributed by atoms with Gasteiger partial charge in [-0.25, -0.2) is 4.98 Å². The first-order valence-electron chi connectivity index (χ1n) is 9.27. The van der Waals surface area contributed by atoms with E-state index in [1.165, 1.54) is 4.57 Å². The van der Waals surface area contributed by atoms with Crippen LogP contribution in [0.25, 0.3) is 10.9 Å². The molecule has 1 saturated carbocycles. The van der Waals surface area contributed by atoms with Gasteiger partial charge in [0.15, 0.2) is 0 Å². The molecule has 1 aliphatic rings. The minimum atomic E-state index is -0.0980. The second-order valence-corrected chi connectivity index (χ2v) is 7.04. The summed E-state index contributed by atoms with van der Waals surface area (Å²) in [6.45, 7) is 2.79. The highest BCUT2D eigenvalue weighted by atomic mass is 16.2. The van der Waals surface area contributed by atoms with Crippen LogP contribution in [0.5, 0.6) is 0 Å². The molecule has 0 spiro atoms. The van der Waals surface area contributed by atoms with Crippen LogP contribution >= 0.6 is 0 Å². The minimum Gasteiger partial charge on any atom is -0.334 e. The number of benzene rings is 1. The quantitative estimate of drug-likeness (QED) is 0.676. The molecule has 1 aromatic carbocycles. The molecular formula is C21H22N4O2. The van der Waals surface area contributed by atoms with Crippen molar-refractivity contribution in [2.75, 3.05) is 0 Å². The van der Waals surface area contributed by atoms with Gasteiger partial charge >= 0.3 is 0 Å². The maximum Gasteiger partial charge on any atom is 0.261 e. The van der Waals surface area contributed by atoms with Crippen molar-refractivity contribution in [1.82, 2.24) is 19.4 Å². The Bertz CT molecular complexity index is 1030. The highest BCUT2D eigenvalue weighted by Gasteiger charge is 2.32. The fourth-order valence-electron chi connectivity index (χ4n) is 3.33. The van der Waals surface area contributed by atoms with Crippen LogP contribution in [0.3, 0.4) is 0 Å². The third kappa shape index (κ3) is 3.74. The van der Waals surface area contributed by atoms with E-state index in [1.807, 2.05) is 42.2 Å². The van der Waals surface area contributed by atoms with Crippen molar-refractivity contribution >= 4 is 16.8 Å². The molecule has 6 heteroatoms. The number of carbonyl (C=O) groups excluding carboxylic acids is 1. The lowest BCUT2D eigenvalue weighted by molar-refractivity contribution is -0.132. The van der Waals surface area contributed by atoms with Crippen molar-refractivity contribution in [1.29, 1.82) is 0 Å². The van der Waals surface area contributed by atoms with Crippen molar-refractivity contribution in [2.45, 2.75) is 45.3 Å². The monoisotopic (exact) mass is 362 g/mol. The fourth-order valence-corrected chi connectivity index (χ4v) is 3.33. The molecule has 0 N–H and O–H groups in total. The van der Waals surface area contributed by atoms with E-state index in [4.69, 9.17) is 0 Å². The van der Waals surface area contributed by atoms with Crippen LogP contribution in [0.2, 0.25) is 0 Å². The Morgan fingerprint density at radius 1 is 1.19 bits per heavy atom. The molecule has 0 unspecified atom stereocenters. The summed E-state index contributed by atoms with van der Waals surface area (Å²) < 4.78 is 1.53. The maximum absolute atomic E-state index is 12.8. The van der Waals surface area contributed by atoms with Crippen LogP contribution in [0.15, 0.2) is 53.7 Å². The van der Waals surface area contributed by atoms with E-state index in [1.54, 1.807) is 18.6 Å². The van der Waals surface area contributed by atoms with Gasteiger partial charge in [0, 0.05) is 25.2 Å². The van der Waals surface area contributed by atoms with Gasteiger partial charge in [0.1, 0.15) is 0 Å². The first-order chi connectivity index (χ1) is 13.1. The smallest absolute Gasteiger partial charge is 0.261 e. The molecule has 3 aromatic rings. The number of para-hydroxylation sites is 1. The summed E-state index contributed by atoms with van der Waals surface area (Å²) in [5.74, 6) is 0.0550. The molecule has 4 rings (SSSR count). The van der Waals surface area contributed by atoms with Gasteiger partial charge in [0.05, 0.1) is 29.5 Å². The molecule has 27 heavy (non-hydrogen) atoms. The molecule has 138 valence electrons. The lowest BCUT2D eigenvalue weighted by Crippen LogP contribution is -2.34. The van der Waals surface area contributed by atoms with E-state index in [2.05, 4.69) is 9.97 Å². The molecule has 2 heterocycles. The molecule has 2 aromatic heterocycles. The Morgan fingerprint density at radius 2 is 2.04 bits per heavy atom. The van der Waals surface area contributed by atoms with Crippen molar-refractivity contribution in [3.05, 3.63) is 70.5 Å². The van der Waals surface area contributed by atoms with Crippen molar-refractivity contribution in [2.24, 2.45) is 0 Å². The zero-order valence-electron chi connectivity index (χ0n) is 15.3. The van der Waals surface area contributed by atoms with E-state index < -0.39 is 0 Å². The van der Waals surface area contributed by atoms with Crippen molar-refractivity contribution in [3.8, 4) is 0 Å². The second kappa shape index (κ2) is 7.31. The molecule has 0 saturated heterocycles. The largest absolute Gasteiger partial charge is 0.334 e. The lowest BCUT2D eigenvalue weighted by Gasteiger charge is -2.22. The number of aromatic nitrogens is 3. The Hall–Kier alpha value is -3.02. The highest BCUT2D eigenvalue weighted by molar-refractivity contribution is 5.80. The normalized spacial score (nSPS) is 13.7. The third-order valence-electron chi connectivity index (χ3n) is 4.99. The Labute approximate surface area is 157 Å². The number of rotatable bonds is 6. The molecule has 0 aliphatic heterocycles. The minimum absolute atomic E-state index is 0.0550. The summed E-state index contributed by atoms with van der Waals surface area (Å²) in [6, 6.07) is 11.6. The van der Waals surface area contributed by atoms with E-state index in [0.29, 0.717) is 24.5 Å². The Balaban J connectivity index is 1.49. The predicted molar refractivity (Wildman–Crippen MR) is 103 cm³/mol. The number of fused-ring (bicyclic) bond motifs is 1. The van der Waals surface area contributed by atoms with Crippen molar-refractivity contribution < 1.29 is 4.79 Å². The lowest BCUT2D eigenvalue weighted by atomic mass is 10.1. The molecule has 0 atom stereocenters.